The summed E-state index contributed by atoms with van der Waals surface area (Å²) in [5.41, 5.74) is -6.64. The maximum absolute atomic E-state index is 12.1. The van der Waals surface area contributed by atoms with E-state index in [1.807, 2.05) is 0 Å². The summed E-state index contributed by atoms with van der Waals surface area (Å²) in [5, 5.41) is 39.3. The number of Topliss-reactive ketones (excluding diaryl/α,β-unsaturated/α-hetero) is 5. The summed E-state index contributed by atoms with van der Waals surface area (Å²) in [6, 6.07) is 0. The van der Waals surface area contributed by atoms with Crippen LogP contribution < -0.4 is 0 Å². The van der Waals surface area contributed by atoms with Gasteiger partial charge in [0.1, 0.15) is 23.8 Å². The molecule has 0 amide bonds. The zero-order valence-corrected chi connectivity index (χ0v) is 13.2. The van der Waals surface area contributed by atoms with Gasteiger partial charge in [-0.15, -0.1) is 0 Å². The van der Waals surface area contributed by atoms with Gasteiger partial charge in [0.25, 0.3) is 0 Å². The lowest BCUT2D eigenvalue weighted by Crippen LogP contribution is -2.72. The summed E-state index contributed by atoms with van der Waals surface area (Å²) < 4.78 is 0. The second kappa shape index (κ2) is 7.18. The molecule has 0 unspecified atom stereocenters. The SMILES string of the molecule is CC(=O)C(=O)[C@@](O)(C(C)=O)C(C(C)=O)(C(C)=O)[C@H](O)[C@H](O)CO. The Hall–Kier alpha value is -1.81. The van der Waals surface area contributed by atoms with Crippen molar-refractivity contribution < 1.29 is 44.4 Å². The molecule has 0 bridgehead atoms. The lowest BCUT2D eigenvalue weighted by Gasteiger charge is -2.44. The summed E-state index contributed by atoms with van der Waals surface area (Å²) in [6.45, 7) is 1.63. The van der Waals surface area contributed by atoms with Crippen LogP contribution in [0.5, 0.6) is 0 Å². The molecular weight excluding hydrogens is 312 g/mol. The third kappa shape index (κ3) is 3.00. The Kier molecular flexibility index (Phi) is 6.61. The van der Waals surface area contributed by atoms with Gasteiger partial charge in [-0.25, -0.2) is 0 Å². The summed E-state index contributed by atoms with van der Waals surface area (Å²) in [6.07, 6.45) is -4.63. The molecule has 0 rings (SSSR count). The van der Waals surface area contributed by atoms with Gasteiger partial charge < -0.3 is 20.4 Å². The topological polar surface area (TPSA) is 166 Å². The number of ketones is 5. The fraction of sp³-hybridized carbons (Fsp3) is 0.643. The van der Waals surface area contributed by atoms with Crippen molar-refractivity contribution in [2.24, 2.45) is 5.41 Å². The normalized spacial score (nSPS) is 16.9. The predicted octanol–water partition coefficient (Wildman–Crippen LogP) is -2.66. The van der Waals surface area contributed by atoms with Gasteiger partial charge in [0.05, 0.1) is 6.61 Å². The first-order valence-corrected chi connectivity index (χ1v) is 6.61. The Labute approximate surface area is 131 Å². The quantitative estimate of drug-likeness (QED) is 0.260. The van der Waals surface area contributed by atoms with Gasteiger partial charge >= 0.3 is 0 Å². The minimum absolute atomic E-state index is 0.652. The number of carbonyl (C=O) groups excluding carboxylic acids is 5. The molecule has 0 spiro atoms. The van der Waals surface area contributed by atoms with Crippen molar-refractivity contribution in [1.82, 2.24) is 0 Å². The van der Waals surface area contributed by atoms with E-state index in [1.54, 1.807) is 0 Å². The average molecular weight is 332 g/mol. The van der Waals surface area contributed by atoms with Crippen LogP contribution in [0, 0.1) is 5.41 Å². The lowest BCUT2D eigenvalue weighted by molar-refractivity contribution is -0.195. The molecule has 0 saturated carbocycles. The Morgan fingerprint density at radius 2 is 1.26 bits per heavy atom. The molecule has 130 valence electrons. The second-order valence-electron chi connectivity index (χ2n) is 5.27. The second-order valence-corrected chi connectivity index (χ2v) is 5.27. The van der Waals surface area contributed by atoms with Crippen LogP contribution in [0.2, 0.25) is 0 Å². The highest BCUT2D eigenvalue weighted by Crippen LogP contribution is 2.41. The number of carbonyl (C=O) groups is 5. The molecule has 0 aromatic heterocycles. The van der Waals surface area contributed by atoms with Crippen molar-refractivity contribution >= 4 is 28.9 Å². The third-order valence-electron chi connectivity index (χ3n) is 3.83. The maximum Gasteiger partial charge on any atom is 0.238 e. The van der Waals surface area contributed by atoms with Crippen LogP contribution in [-0.4, -0.2) is 73.8 Å². The largest absolute Gasteiger partial charge is 0.394 e. The molecule has 0 heterocycles. The molecule has 0 aromatic carbocycles. The smallest absolute Gasteiger partial charge is 0.238 e. The van der Waals surface area contributed by atoms with Crippen molar-refractivity contribution in [2.45, 2.75) is 45.5 Å². The van der Waals surface area contributed by atoms with E-state index in [-0.39, 0.29) is 0 Å². The van der Waals surface area contributed by atoms with Crippen LogP contribution in [0.25, 0.3) is 0 Å². The highest BCUT2D eigenvalue weighted by Gasteiger charge is 2.69. The maximum atomic E-state index is 12.1. The van der Waals surface area contributed by atoms with E-state index in [4.69, 9.17) is 5.11 Å². The van der Waals surface area contributed by atoms with E-state index < -0.39 is 58.7 Å². The molecule has 0 radical (unpaired) electrons. The van der Waals surface area contributed by atoms with Crippen LogP contribution in [0.4, 0.5) is 0 Å². The van der Waals surface area contributed by atoms with Gasteiger partial charge in [0.2, 0.25) is 11.4 Å². The predicted molar refractivity (Wildman–Crippen MR) is 74.2 cm³/mol. The Morgan fingerprint density at radius 3 is 1.48 bits per heavy atom. The number of hydrogen-bond donors (Lipinski definition) is 4. The van der Waals surface area contributed by atoms with E-state index in [0.29, 0.717) is 27.7 Å². The Morgan fingerprint density at radius 1 is 0.870 bits per heavy atom. The number of aliphatic hydroxyl groups is 4. The molecule has 0 aliphatic rings. The minimum atomic E-state index is -3.51. The summed E-state index contributed by atoms with van der Waals surface area (Å²) >= 11 is 0. The van der Waals surface area contributed by atoms with Crippen LogP contribution >= 0.6 is 0 Å². The van der Waals surface area contributed by atoms with Crippen molar-refractivity contribution in [3.63, 3.8) is 0 Å². The van der Waals surface area contributed by atoms with Crippen LogP contribution in [0.3, 0.4) is 0 Å². The molecule has 0 saturated heterocycles. The zero-order valence-electron chi connectivity index (χ0n) is 13.2. The molecule has 4 N–H and O–H groups in total. The monoisotopic (exact) mass is 332 g/mol. The zero-order chi connectivity index (χ0) is 18.7. The molecule has 9 heteroatoms. The molecule has 0 aliphatic heterocycles. The molecule has 3 atom stereocenters. The van der Waals surface area contributed by atoms with Gasteiger partial charge in [-0.3, -0.25) is 24.0 Å². The first-order chi connectivity index (χ1) is 10.3. The fourth-order valence-electron chi connectivity index (χ4n) is 2.65. The highest BCUT2D eigenvalue weighted by molar-refractivity contribution is 6.46. The first-order valence-electron chi connectivity index (χ1n) is 6.61. The first kappa shape index (κ1) is 21.2. The highest BCUT2D eigenvalue weighted by atomic mass is 16.4. The Bertz CT molecular complexity index is 536. The molecule has 0 aromatic rings. The van der Waals surface area contributed by atoms with Crippen molar-refractivity contribution in [1.29, 1.82) is 0 Å². The average Bonchev–Trinajstić information content (AvgIpc) is 2.44. The molecule has 23 heavy (non-hydrogen) atoms. The number of aliphatic hydroxyl groups excluding tert-OH is 3. The minimum Gasteiger partial charge on any atom is -0.394 e. The molecule has 9 nitrogen and oxygen atoms in total. The van der Waals surface area contributed by atoms with Crippen molar-refractivity contribution in [2.75, 3.05) is 6.61 Å². The summed E-state index contributed by atoms with van der Waals surface area (Å²) in [7, 11) is 0. The van der Waals surface area contributed by atoms with Crippen LogP contribution in [0.1, 0.15) is 27.7 Å². The number of hydrogen-bond acceptors (Lipinski definition) is 9. The van der Waals surface area contributed by atoms with Gasteiger partial charge in [-0.05, 0) is 20.8 Å². The van der Waals surface area contributed by atoms with E-state index in [9.17, 15) is 39.3 Å². The number of rotatable bonds is 9. The van der Waals surface area contributed by atoms with Crippen LogP contribution in [0.15, 0.2) is 0 Å². The standard InChI is InChI=1S/C14H20O9/c1-6(16)11(21)14(23,9(4)19)13(7(2)17,8(3)18)12(22)10(20)5-15/h10,12,15,20,22-23H,5H2,1-4H3/t10-,12-,14+/m1/s1. The summed E-state index contributed by atoms with van der Waals surface area (Å²) in [4.78, 5) is 59.6. The molecular formula is C14H20O9. The van der Waals surface area contributed by atoms with E-state index >= 15 is 0 Å². The molecule has 0 fully saturated rings. The van der Waals surface area contributed by atoms with Crippen molar-refractivity contribution in [3.8, 4) is 0 Å². The van der Waals surface area contributed by atoms with E-state index in [2.05, 4.69) is 0 Å². The Balaban J connectivity index is 6.93. The molecule has 0 aliphatic carbocycles. The summed E-state index contributed by atoms with van der Waals surface area (Å²) in [5.74, 6) is -7.19. The van der Waals surface area contributed by atoms with Crippen LogP contribution in [-0.2, 0) is 24.0 Å². The van der Waals surface area contributed by atoms with Gasteiger partial charge in [0.15, 0.2) is 17.0 Å². The van der Waals surface area contributed by atoms with Gasteiger partial charge in [-0.1, -0.05) is 0 Å². The van der Waals surface area contributed by atoms with E-state index in [0.717, 1.165) is 0 Å². The third-order valence-corrected chi connectivity index (χ3v) is 3.83. The van der Waals surface area contributed by atoms with Crippen molar-refractivity contribution in [3.05, 3.63) is 0 Å². The van der Waals surface area contributed by atoms with E-state index in [1.165, 1.54) is 0 Å². The lowest BCUT2D eigenvalue weighted by atomic mass is 9.58. The fourth-order valence-corrected chi connectivity index (χ4v) is 2.65. The van der Waals surface area contributed by atoms with Gasteiger partial charge in [-0.2, -0.15) is 0 Å². The van der Waals surface area contributed by atoms with Gasteiger partial charge in [0, 0.05) is 6.92 Å².